The zero-order valence-electron chi connectivity index (χ0n) is 19.3. The minimum atomic E-state index is -0.183. The van der Waals surface area contributed by atoms with Gasteiger partial charge in [0.2, 0.25) is 0 Å². The fourth-order valence-electron chi connectivity index (χ4n) is 4.25. The number of ether oxygens (including phenoxy) is 2. The largest absolute Gasteiger partial charge is 0.497 e. The van der Waals surface area contributed by atoms with Gasteiger partial charge in [-0.05, 0) is 61.2 Å². The highest BCUT2D eigenvalue weighted by Gasteiger charge is 2.23. The molecule has 2 aromatic carbocycles. The number of nitrogens with one attached hydrogen (secondary N) is 1. The molecule has 0 bridgehead atoms. The van der Waals surface area contributed by atoms with E-state index in [1.54, 1.807) is 7.11 Å². The standard InChI is InChI=1S/C27H27N3O3S/c1-16-5-7-17(8-6-16)21-14-22(18-9-11-19(32-2)12-10-18)30-27-23(21)24(28)25(34-27)26(31)29-15-20-4-3-13-33-20/h5-12,14,20H,3-4,13,15,28H2,1-2H3,(H,29,31). The van der Waals surface area contributed by atoms with Gasteiger partial charge in [-0.3, -0.25) is 4.79 Å². The van der Waals surface area contributed by atoms with Crippen LogP contribution in [0.3, 0.4) is 0 Å². The van der Waals surface area contributed by atoms with Crippen LogP contribution in [0, 0.1) is 6.92 Å². The third-order valence-electron chi connectivity index (χ3n) is 6.17. The number of hydrogen-bond donors (Lipinski definition) is 2. The lowest BCUT2D eigenvalue weighted by Crippen LogP contribution is -2.31. The molecule has 4 aromatic rings. The molecular formula is C27H27N3O3S. The second-order valence-corrected chi connectivity index (χ2v) is 9.52. The first-order valence-electron chi connectivity index (χ1n) is 11.4. The van der Waals surface area contributed by atoms with E-state index in [2.05, 4.69) is 36.5 Å². The number of amides is 1. The minimum Gasteiger partial charge on any atom is -0.497 e. The molecule has 1 saturated heterocycles. The number of pyridine rings is 1. The maximum absolute atomic E-state index is 13.0. The second-order valence-electron chi connectivity index (χ2n) is 8.52. The van der Waals surface area contributed by atoms with E-state index < -0.39 is 0 Å². The van der Waals surface area contributed by atoms with Gasteiger partial charge >= 0.3 is 0 Å². The normalized spacial score (nSPS) is 15.5. The zero-order valence-corrected chi connectivity index (χ0v) is 20.1. The SMILES string of the molecule is COc1ccc(-c2cc(-c3ccc(C)cc3)c3c(N)c(C(=O)NCC4CCCO4)sc3n2)cc1. The maximum atomic E-state index is 13.0. The van der Waals surface area contributed by atoms with Gasteiger partial charge in [0, 0.05) is 24.1 Å². The molecule has 0 saturated carbocycles. The van der Waals surface area contributed by atoms with Crippen molar-refractivity contribution in [1.82, 2.24) is 10.3 Å². The Morgan fingerprint density at radius 1 is 1.18 bits per heavy atom. The van der Waals surface area contributed by atoms with E-state index in [0.29, 0.717) is 17.1 Å². The van der Waals surface area contributed by atoms with E-state index in [0.717, 1.165) is 57.8 Å². The predicted molar refractivity (Wildman–Crippen MR) is 138 cm³/mol. The predicted octanol–water partition coefficient (Wildman–Crippen LogP) is 5.44. The molecule has 34 heavy (non-hydrogen) atoms. The molecule has 0 spiro atoms. The summed E-state index contributed by atoms with van der Waals surface area (Å²) < 4.78 is 10.9. The number of carbonyl (C=O) groups is 1. The Balaban J connectivity index is 1.59. The first-order chi connectivity index (χ1) is 16.5. The first-order valence-corrected chi connectivity index (χ1v) is 12.2. The van der Waals surface area contributed by atoms with Crippen LogP contribution in [0.4, 0.5) is 5.69 Å². The number of thiophene rings is 1. The lowest BCUT2D eigenvalue weighted by atomic mass is 9.98. The van der Waals surface area contributed by atoms with Crippen LogP contribution in [0.15, 0.2) is 54.6 Å². The van der Waals surface area contributed by atoms with Gasteiger partial charge in [0.1, 0.15) is 15.5 Å². The van der Waals surface area contributed by atoms with Crippen molar-refractivity contribution in [2.45, 2.75) is 25.9 Å². The molecule has 7 heteroatoms. The first kappa shape index (κ1) is 22.4. The van der Waals surface area contributed by atoms with Crippen LogP contribution in [0.1, 0.15) is 28.1 Å². The molecule has 6 nitrogen and oxygen atoms in total. The number of fused-ring (bicyclic) bond motifs is 1. The highest BCUT2D eigenvalue weighted by Crippen LogP contribution is 2.41. The maximum Gasteiger partial charge on any atom is 0.263 e. The molecule has 0 aliphatic carbocycles. The molecule has 3 N–H and O–H groups in total. The van der Waals surface area contributed by atoms with E-state index in [4.69, 9.17) is 20.2 Å². The summed E-state index contributed by atoms with van der Waals surface area (Å²) in [5.74, 6) is 0.603. The highest BCUT2D eigenvalue weighted by atomic mass is 32.1. The lowest BCUT2D eigenvalue weighted by molar-refractivity contribution is 0.0862. The Bertz CT molecular complexity index is 1320. The molecule has 1 fully saturated rings. The van der Waals surface area contributed by atoms with Crippen molar-refractivity contribution in [3.8, 4) is 28.1 Å². The topological polar surface area (TPSA) is 86.5 Å². The van der Waals surface area contributed by atoms with Crippen molar-refractivity contribution < 1.29 is 14.3 Å². The monoisotopic (exact) mass is 473 g/mol. The molecule has 1 aliphatic rings. The van der Waals surface area contributed by atoms with E-state index >= 15 is 0 Å². The highest BCUT2D eigenvalue weighted by molar-refractivity contribution is 7.21. The third kappa shape index (κ3) is 4.36. The van der Waals surface area contributed by atoms with Crippen molar-refractivity contribution in [3.05, 3.63) is 65.0 Å². The number of nitrogens with two attached hydrogens (primary N) is 1. The van der Waals surface area contributed by atoms with Gasteiger partial charge in [0.05, 0.1) is 24.6 Å². The summed E-state index contributed by atoms with van der Waals surface area (Å²) >= 11 is 1.33. The Labute approximate surface area is 202 Å². The molecule has 0 radical (unpaired) electrons. The molecule has 2 aromatic heterocycles. The number of carbonyl (C=O) groups excluding carboxylic acids is 1. The number of nitrogen functional groups attached to an aromatic ring is 1. The molecule has 1 amide bonds. The van der Waals surface area contributed by atoms with Crippen LogP contribution in [0.25, 0.3) is 32.6 Å². The summed E-state index contributed by atoms with van der Waals surface area (Å²) in [6.45, 7) is 3.30. The summed E-state index contributed by atoms with van der Waals surface area (Å²) in [4.78, 5) is 19.2. The van der Waals surface area contributed by atoms with Crippen molar-refractivity contribution in [2.24, 2.45) is 0 Å². The number of benzene rings is 2. The Hall–Kier alpha value is -3.42. The fraction of sp³-hybridized carbons (Fsp3) is 0.259. The summed E-state index contributed by atoms with van der Waals surface area (Å²) in [6.07, 6.45) is 2.07. The third-order valence-corrected chi connectivity index (χ3v) is 7.27. The van der Waals surface area contributed by atoms with Gasteiger partial charge in [0.15, 0.2) is 0 Å². The van der Waals surface area contributed by atoms with Crippen molar-refractivity contribution in [3.63, 3.8) is 0 Å². The molecule has 1 atom stereocenters. The average Bonchev–Trinajstić information content (AvgIpc) is 3.50. The van der Waals surface area contributed by atoms with Gasteiger partial charge in [0.25, 0.3) is 5.91 Å². The number of anilines is 1. The van der Waals surface area contributed by atoms with Gasteiger partial charge in [-0.25, -0.2) is 4.98 Å². The van der Waals surface area contributed by atoms with Crippen molar-refractivity contribution in [2.75, 3.05) is 26.0 Å². The Kier molecular flexibility index (Phi) is 6.22. The van der Waals surface area contributed by atoms with Crippen LogP contribution in [0.5, 0.6) is 5.75 Å². The van der Waals surface area contributed by atoms with Crippen LogP contribution >= 0.6 is 11.3 Å². The number of aryl methyl sites for hydroxylation is 1. The van der Waals surface area contributed by atoms with Crippen LogP contribution in [-0.2, 0) is 4.74 Å². The van der Waals surface area contributed by atoms with Gasteiger partial charge in [-0.15, -0.1) is 11.3 Å². The number of methoxy groups -OCH3 is 1. The molecule has 1 aliphatic heterocycles. The van der Waals surface area contributed by atoms with E-state index in [9.17, 15) is 4.79 Å². The van der Waals surface area contributed by atoms with Crippen LogP contribution in [-0.4, -0.2) is 37.3 Å². The number of hydrogen-bond acceptors (Lipinski definition) is 6. The van der Waals surface area contributed by atoms with E-state index in [1.807, 2.05) is 30.3 Å². The molecule has 3 heterocycles. The zero-order chi connectivity index (χ0) is 23.7. The summed E-state index contributed by atoms with van der Waals surface area (Å²) in [5.41, 5.74) is 12.0. The van der Waals surface area contributed by atoms with E-state index in [1.165, 1.54) is 16.9 Å². The minimum absolute atomic E-state index is 0.0717. The lowest BCUT2D eigenvalue weighted by Gasteiger charge is -2.11. The second kappa shape index (κ2) is 9.44. The Morgan fingerprint density at radius 3 is 2.59 bits per heavy atom. The number of aromatic nitrogens is 1. The van der Waals surface area contributed by atoms with Gasteiger partial charge in [-0.1, -0.05) is 29.8 Å². The van der Waals surface area contributed by atoms with Crippen LogP contribution in [0.2, 0.25) is 0 Å². The fourth-order valence-corrected chi connectivity index (χ4v) is 5.29. The summed E-state index contributed by atoms with van der Waals surface area (Å²) in [5, 5.41) is 3.81. The molecule has 174 valence electrons. The molecule has 1 unspecified atom stereocenters. The molecular weight excluding hydrogens is 446 g/mol. The summed E-state index contributed by atoms with van der Waals surface area (Å²) in [7, 11) is 1.65. The van der Waals surface area contributed by atoms with Gasteiger partial charge < -0.3 is 20.5 Å². The van der Waals surface area contributed by atoms with E-state index in [-0.39, 0.29) is 12.0 Å². The smallest absolute Gasteiger partial charge is 0.263 e. The Morgan fingerprint density at radius 2 is 1.91 bits per heavy atom. The van der Waals surface area contributed by atoms with Crippen LogP contribution < -0.4 is 15.8 Å². The quantitative estimate of drug-likeness (QED) is 0.390. The molecule has 5 rings (SSSR count). The van der Waals surface area contributed by atoms with Gasteiger partial charge in [-0.2, -0.15) is 0 Å². The number of rotatable bonds is 6. The number of nitrogens with zero attached hydrogens (tertiary/aromatic N) is 1. The van der Waals surface area contributed by atoms with Crippen molar-refractivity contribution in [1.29, 1.82) is 0 Å². The average molecular weight is 474 g/mol. The van der Waals surface area contributed by atoms with Crippen molar-refractivity contribution >= 4 is 33.1 Å². The summed E-state index contributed by atoms with van der Waals surface area (Å²) in [6, 6.07) is 18.2.